The van der Waals surface area contributed by atoms with E-state index >= 15 is 0 Å². The lowest BCUT2D eigenvalue weighted by molar-refractivity contribution is 0.112. The van der Waals surface area contributed by atoms with E-state index in [1.54, 1.807) is 12.3 Å². The summed E-state index contributed by atoms with van der Waals surface area (Å²) < 4.78 is 0. The van der Waals surface area contributed by atoms with Gasteiger partial charge in [-0.25, -0.2) is 4.98 Å². The molecule has 0 aliphatic carbocycles. The topological polar surface area (TPSA) is 42.3 Å². The maximum Gasteiger partial charge on any atom is 0.178 e. The highest BCUT2D eigenvalue weighted by atomic mass is 32.1. The molecule has 1 aromatic heterocycles. The Morgan fingerprint density at radius 1 is 1.71 bits per heavy atom. The first-order valence-electron chi connectivity index (χ1n) is 3.92. The van der Waals surface area contributed by atoms with Crippen LogP contribution >= 0.6 is 11.3 Å². The molecule has 0 bridgehead atoms. The summed E-state index contributed by atoms with van der Waals surface area (Å²) in [7, 11) is 0. The fourth-order valence-electron chi connectivity index (χ4n) is 0.889. The van der Waals surface area contributed by atoms with Crippen molar-refractivity contribution < 1.29 is 4.79 Å². The third-order valence-corrected chi connectivity index (χ3v) is 2.38. The molecule has 1 heterocycles. The van der Waals surface area contributed by atoms with Gasteiger partial charge in [-0.05, 0) is 19.7 Å². The molecule has 0 aromatic carbocycles. The fraction of sp³-hybridized carbons (Fsp3) is 0.100. The quantitative estimate of drug-likeness (QED) is 0.431. The number of nitrogens with zero attached hydrogens (tertiary/aromatic N) is 2. The molecule has 4 heteroatoms. The van der Waals surface area contributed by atoms with Crippen LogP contribution in [0.4, 0.5) is 0 Å². The van der Waals surface area contributed by atoms with Crippen LogP contribution in [0, 0.1) is 0 Å². The molecular formula is C10H10N2OS. The Balaban J connectivity index is 3.06. The molecule has 1 aromatic rings. The monoisotopic (exact) mass is 206 g/mol. The van der Waals surface area contributed by atoms with E-state index < -0.39 is 0 Å². The molecule has 0 atom stereocenters. The van der Waals surface area contributed by atoms with Crippen LogP contribution in [0.1, 0.15) is 21.6 Å². The summed E-state index contributed by atoms with van der Waals surface area (Å²) in [5.41, 5.74) is 1.58. The van der Waals surface area contributed by atoms with Gasteiger partial charge in [0, 0.05) is 6.20 Å². The Kier molecular flexibility index (Phi) is 3.48. The van der Waals surface area contributed by atoms with Crippen molar-refractivity contribution in [1.82, 2.24) is 4.98 Å². The minimum Gasteiger partial charge on any atom is -0.295 e. The summed E-state index contributed by atoms with van der Waals surface area (Å²) in [5.74, 6) is 0. The second-order valence-electron chi connectivity index (χ2n) is 2.71. The van der Waals surface area contributed by atoms with Crippen molar-refractivity contribution in [3.05, 3.63) is 34.3 Å². The standard InChI is InChI=1S/C10H10N2OS/c1-7(2)4-8(11-3)9-5-12-10(6-13)14-9/h4-6H,1,3H2,2H3/b8-4-. The third-order valence-electron chi connectivity index (χ3n) is 1.43. The molecule has 0 N–H and O–H groups in total. The number of aromatic nitrogens is 1. The van der Waals surface area contributed by atoms with Gasteiger partial charge in [0.25, 0.3) is 0 Å². The molecule has 0 fully saturated rings. The first kappa shape index (κ1) is 10.5. The summed E-state index contributed by atoms with van der Waals surface area (Å²) in [5, 5.41) is 0.441. The van der Waals surface area contributed by atoms with Crippen molar-refractivity contribution in [2.24, 2.45) is 4.99 Å². The van der Waals surface area contributed by atoms with E-state index in [9.17, 15) is 4.79 Å². The molecule has 1 rings (SSSR count). The summed E-state index contributed by atoms with van der Waals surface area (Å²) in [6, 6.07) is 0. The van der Waals surface area contributed by atoms with Crippen molar-refractivity contribution in [3.8, 4) is 0 Å². The Morgan fingerprint density at radius 2 is 2.43 bits per heavy atom. The molecular weight excluding hydrogens is 196 g/mol. The number of carbonyl (C=O) groups is 1. The molecule has 0 saturated carbocycles. The van der Waals surface area contributed by atoms with Gasteiger partial charge < -0.3 is 0 Å². The highest BCUT2D eigenvalue weighted by Crippen LogP contribution is 2.22. The SMILES string of the molecule is C=N/C(=C\C(=C)C)c1cnc(C=O)s1. The van der Waals surface area contributed by atoms with Crippen molar-refractivity contribution in [1.29, 1.82) is 0 Å². The van der Waals surface area contributed by atoms with Crippen LogP contribution in [0.5, 0.6) is 0 Å². The van der Waals surface area contributed by atoms with Crippen molar-refractivity contribution in [2.45, 2.75) is 6.92 Å². The zero-order chi connectivity index (χ0) is 10.6. The summed E-state index contributed by atoms with van der Waals surface area (Å²) in [6.07, 6.45) is 4.13. The van der Waals surface area contributed by atoms with Gasteiger partial charge in [-0.1, -0.05) is 12.2 Å². The fourth-order valence-corrected chi connectivity index (χ4v) is 1.60. The van der Waals surface area contributed by atoms with E-state index in [4.69, 9.17) is 0 Å². The number of thiazole rings is 1. The molecule has 14 heavy (non-hydrogen) atoms. The molecule has 3 nitrogen and oxygen atoms in total. The molecule has 0 spiro atoms. The van der Waals surface area contributed by atoms with E-state index in [2.05, 4.69) is 23.3 Å². The van der Waals surface area contributed by atoms with Crippen LogP contribution in [-0.2, 0) is 0 Å². The molecule has 0 amide bonds. The molecule has 0 aliphatic rings. The van der Waals surface area contributed by atoms with E-state index in [-0.39, 0.29) is 0 Å². The Bertz CT molecular complexity index is 404. The van der Waals surface area contributed by atoms with Crippen molar-refractivity contribution >= 4 is 30.0 Å². The van der Waals surface area contributed by atoms with Crippen LogP contribution in [-0.4, -0.2) is 18.0 Å². The Morgan fingerprint density at radius 3 is 2.86 bits per heavy atom. The van der Waals surface area contributed by atoms with Crippen LogP contribution < -0.4 is 0 Å². The van der Waals surface area contributed by atoms with E-state index in [0.717, 1.165) is 16.7 Å². The van der Waals surface area contributed by atoms with Crippen LogP contribution in [0.15, 0.2) is 29.4 Å². The molecule has 72 valence electrons. The van der Waals surface area contributed by atoms with Gasteiger partial charge in [-0.3, -0.25) is 9.79 Å². The highest BCUT2D eigenvalue weighted by molar-refractivity contribution is 7.14. The summed E-state index contributed by atoms with van der Waals surface area (Å²) in [4.78, 5) is 19.0. The molecule has 0 aliphatic heterocycles. The van der Waals surface area contributed by atoms with E-state index in [1.807, 2.05) is 6.92 Å². The number of rotatable bonds is 4. The Labute approximate surface area is 86.5 Å². The first-order chi connectivity index (χ1) is 6.67. The van der Waals surface area contributed by atoms with Crippen molar-refractivity contribution in [3.63, 3.8) is 0 Å². The third kappa shape index (κ3) is 2.47. The lowest BCUT2D eigenvalue weighted by Gasteiger charge is -1.95. The second-order valence-corrected chi connectivity index (χ2v) is 3.78. The largest absolute Gasteiger partial charge is 0.295 e. The predicted octanol–water partition coefficient (Wildman–Crippen LogP) is 2.57. The van der Waals surface area contributed by atoms with Crippen LogP contribution in [0.2, 0.25) is 0 Å². The van der Waals surface area contributed by atoms with Crippen molar-refractivity contribution in [2.75, 3.05) is 0 Å². The second kappa shape index (κ2) is 4.62. The van der Waals surface area contributed by atoms with E-state index in [1.165, 1.54) is 11.3 Å². The van der Waals surface area contributed by atoms with Gasteiger partial charge in [0.15, 0.2) is 11.3 Å². The minimum absolute atomic E-state index is 0.441. The number of aldehydes is 1. The highest BCUT2D eigenvalue weighted by Gasteiger charge is 2.04. The maximum absolute atomic E-state index is 10.4. The first-order valence-corrected chi connectivity index (χ1v) is 4.74. The summed E-state index contributed by atoms with van der Waals surface area (Å²) >= 11 is 1.29. The maximum atomic E-state index is 10.4. The zero-order valence-electron chi connectivity index (χ0n) is 7.86. The number of carbonyl (C=O) groups excluding carboxylic acids is 1. The normalized spacial score (nSPS) is 11.1. The minimum atomic E-state index is 0.441. The summed E-state index contributed by atoms with van der Waals surface area (Å²) in [6.45, 7) is 9.07. The van der Waals surface area contributed by atoms with Gasteiger partial charge in [0.2, 0.25) is 0 Å². The van der Waals surface area contributed by atoms with Gasteiger partial charge in [0.05, 0.1) is 10.6 Å². The lowest BCUT2D eigenvalue weighted by Crippen LogP contribution is -1.75. The lowest BCUT2D eigenvalue weighted by atomic mass is 10.2. The predicted molar refractivity (Wildman–Crippen MR) is 59.8 cm³/mol. The average molecular weight is 206 g/mol. The van der Waals surface area contributed by atoms with Gasteiger partial charge in [0.1, 0.15) is 0 Å². The number of allylic oxidation sites excluding steroid dienone is 2. The molecule has 0 unspecified atom stereocenters. The van der Waals surface area contributed by atoms with Gasteiger partial charge in [-0.2, -0.15) is 0 Å². The number of aliphatic imine (C=N–C) groups is 1. The number of hydrogen-bond donors (Lipinski definition) is 0. The van der Waals surface area contributed by atoms with E-state index in [0.29, 0.717) is 10.7 Å². The van der Waals surface area contributed by atoms with Gasteiger partial charge >= 0.3 is 0 Å². The molecule has 0 saturated heterocycles. The van der Waals surface area contributed by atoms with Crippen LogP contribution in [0.3, 0.4) is 0 Å². The number of hydrogen-bond acceptors (Lipinski definition) is 4. The van der Waals surface area contributed by atoms with Crippen LogP contribution in [0.25, 0.3) is 5.70 Å². The molecule has 0 radical (unpaired) electrons. The average Bonchev–Trinajstić information content (AvgIpc) is 2.62. The Hall–Kier alpha value is -1.55. The smallest absolute Gasteiger partial charge is 0.178 e. The van der Waals surface area contributed by atoms with Gasteiger partial charge in [-0.15, -0.1) is 11.3 Å². The zero-order valence-corrected chi connectivity index (χ0v) is 8.67.